The molecule has 0 aliphatic carbocycles. The summed E-state index contributed by atoms with van der Waals surface area (Å²) in [4.78, 5) is 7.74. The molecule has 3 aromatic heterocycles. The van der Waals surface area contributed by atoms with E-state index in [2.05, 4.69) is 37.6 Å². The molecule has 3 N–H and O–H groups in total. The molecule has 0 atom stereocenters. The number of hydrogen-bond donors (Lipinski definition) is 3. The molecule has 0 bridgehead atoms. The Labute approximate surface area is 127 Å². The van der Waals surface area contributed by atoms with Gasteiger partial charge in [0.15, 0.2) is 5.65 Å². The summed E-state index contributed by atoms with van der Waals surface area (Å²) >= 11 is 0. The van der Waals surface area contributed by atoms with Crippen LogP contribution >= 0.6 is 0 Å². The molecule has 0 aliphatic rings. The monoisotopic (exact) mass is 289 g/mol. The number of fused-ring (bicyclic) bond motifs is 1. The Kier molecular flexibility index (Phi) is 3.08. The minimum absolute atomic E-state index is 0.747. The Bertz CT molecular complexity index is 878. The van der Waals surface area contributed by atoms with Gasteiger partial charge in [-0.3, -0.25) is 5.10 Å². The normalized spacial score (nSPS) is 10.9. The molecule has 4 aromatic rings. The zero-order chi connectivity index (χ0) is 14.8. The molecule has 0 radical (unpaired) electrons. The molecular formula is C17H15N5. The Morgan fingerprint density at radius 3 is 2.68 bits per heavy atom. The second-order valence-electron chi connectivity index (χ2n) is 5.09. The zero-order valence-corrected chi connectivity index (χ0v) is 11.9. The van der Waals surface area contributed by atoms with Crippen molar-refractivity contribution in [1.82, 2.24) is 20.2 Å². The summed E-state index contributed by atoms with van der Waals surface area (Å²) in [5, 5.41) is 11.7. The Morgan fingerprint density at radius 1 is 0.955 bits per heavy atom. The summed E-state index contributed by atoms with van der Waals surface area (Å²) in [6.45, 7) is 0.747. The molecule has 5 heteroatoms. The van der Waals surface area contributed by atoms with Crippen molar-refractivity contribution in [2.24, 2.45) is 0 Å². The third-order valence-electron chi connectivity index (χ3n) is 3.59. The highest BCUT2D eigenvalue weighted by Gasteiger charge is 2.10. The van der Waals surface area contributed by atoms with E-state index in [0.717, 1.165) is 34.8 Å². The number of rotatable bonds is 4. The van der Waals surface area contributed by atoms with E-state index in [0.29, 0.717) is 0 Å². The minimum Gasteiger partial charge on any atom is -0.366 e. The van der Waals surface area contributed by atoms with Crippen molar-refractivity contribution >= 4 is 16.9 Å². The lowest BCUT2D eigenvalue weighted by atomic mass is 10.2. The molecule has 22 heavy (non-hydrogen) atoms. The summed E-state index contributed by atoms with van der Waals surface area (Å²) < 4.78 is 0. The van der Waals surface area contributed by atoms with Crippen LogP contribution in [0.1, 0.15) is 5.56 Å². The predicted molar refractivity (Wildman–Crippen MR) is 87.4 cm³/mol. The quantitative estimate of drug-likeness (QED) is 0.538. The number of aromatic amines is 2. The summed E-state index contributed by atoms with van der Waals surface area (Å²) in [6.07, 6.45) is 1.89. The summed E-state index contributed by atoms with van der Waals surface area (Å²) in [7, 11) is 0. The first kappa shape index (κ1) is 12.6. The van der Waals surface area contributed by atoms with Crippen LogP contribution in [0, 0.1) is 0 Å². The maximum absolute atomic E-state index is 4.58. The Morgan fingerprint density at radius 2 is 1.86 bits per heavy atom. The molecule has 0 unspecified atom stereocenters. The largest absolute Gasteiger partial charge is 0.366 e. The lowest BCUT2D eigenvalue weighted by Crippen LogP contribution is -2.00. The maximum atomic E-state index is 4.58. The van der Waals surface area contributed by atoms with Crippen molar-refractivity contribution in [3.05, 3.63) is 66.4 Å². The highest BCUT2D eigenvalue weighted by molar-refractivity contribution is 5.90. The molecule has 0 aliphatic heterocycles. The first-order valence-electron chi connectivity index (χ1n) is 7.17. The molecule has 0 saturated heterocycles. The number of H-pyrrole nitrogens is 2. The highest BCUT2D eigenvalue weighted by Crippen LogP contribution is 2.24. The van der Waals surface area contributed by atoms with Crippen LogP contribution in [0.2, 0.25) is 0 Å². The SMILES string of the molecule is c1ccc(CNc2ccc3c(-c4ccc[nH]4)n[nH]c3n2)cc1. The van der Waals surface area contributed by atoms with E-state index in [1.165, 1.54) is 5.56 Å². The predicted octanol–water partition coefficient (Wildman–Crippen LogP) is 3.57. The van der Waals surface area contributed by atoms with Gasteiger partial charge in [-0.2, -0.15) is 5.10 Å². The van der Waals surface area contributed by atoms with Gasteiger partial charge in [-0.05, 0) is 29.8 Å². The third kappa shape index (κ3) is 2.33. The number of nitrogens with zero attached hydrogens (tertiary/aromatic N) is 2. The van der Waals surface area contributed by atoms with Crippen LogP contribution in [0.4, 0.5) is 5.82 Å². The standard InChI is InChI=1S/C17H15N5/c1-2-5-12(6-3-1)11-19-15-9-8-13-16(14-7-4-10-18-14)21-22-17(13)20-15/h1-10,18H,11H2,(H2,19,20,21,22). The molecule has 5 nitrogen and oxygen atoms in total. The molecule has 0 spiro atoms. The van der Waals surface area contributed by atoms with Gasteiger partial charge in [-0.15, -0.1) is 0 Å². The van der Waals surface area contributed by atoms with Gasteiger partial charge in [-0.25, -0.2) is 4.98 Å². The van der Waals surface area contributed by atoms with Crippen LogP contribution in [0.25, 0.3) is 22.4 Å². The second kappa shape index (κ2) is 5.37. The van der Waals surface area contributed by atoms with E-state index in [1.54, 1.807) is 0 Å². The Hall–Kier alpha value is -3.08. The fourth-order valence-electron chi connectivity index (χ4n) is 2.47. The van der Waals surface area contributed by atoms with Gasteiger partial charge in [-0.1, -0.05) is 30.3 Å². The highest BCUT2D eigenvalue weighted by atomic mass is 15.2. The van der Waals surface area contributed by atoms with Crippen molar-refractivity contribution < 1.29 is 0 Å². The van der Waals surface area contributed by atoms with E-state index in [-0.39, 0.29) is 0 Å². The number of hydrogen-bond acceptors (Lipinski definition) is 3. The molecular weight excluding hydrogens is 274 g/mol. The molecule has 0 saturated carbocycles. The van der Waals surface area contributed by atoms with Crippen molar-refractivity contribution in [2.45, 2.75) is 6.54 Å². The molecule has 4 rings (SSSR count). The second-order valence-corrected chi connectivity index (χ2v) is 5.09. The lowest BCUT2D eigenvalue weighted by molar-refractivity contribution is 1.08. The first-order valence-corrected chi connectivity index (χ1v) is 7.17. The van der Waals surface area contributed by atoms with Crippen molar-refractivity contribution in [3.8, 4) is 11.4 Å². The molecule has 0 amide bonds. The Balaban J connectivity index is 1.59. The van der Waals surface area contributed by atoms with Crippen LogP contribution in [0.3, 0.4) is 0 Å². The average molecular weight is 289 g/mol. The van der Waals surface area contributed by atoms with Crippen LogP contribution in [0.5, 0.6) is 0 Å². The summed E-state index contributed by atoms with van der Waals surface area (Å²) in [5.74, 6) is 0.832. The topological polar surface area (TPSA) is 69.4 Å². The maximum Gasteiger partial charge on any atom is 0.158 e. The van der Waals surface area contributed by atoms with E-state index in [9.17, 15) is 0 Å². The fourth-order valence-corrected chi connectivity index (χ4v) is 2.47. The number of nitrogens with one attached hydrogen (secondary N) is 3. The van der Waals surface area contributed by atoms with Crippen LogP contribution in [-0.4, -0.2) is 20.2 Å². The van der Waals surface area contributed by atoms with Gasteiger partial charge in [0, 0.05) is 18.1 Å². The van der Waals surface area contributed by atoms with Gasteiger partial charge >= 0.3 is 0 Å². The van der Waals surface area contributed by atoms with Crippen LogP contribution in [0.15, 0.2) is 60.8 Å². The lowest BCUT2D eigenvalue weighted by Gasteiger charge is -2.05. The van der Waals surface area contributed by atoms with Gasteiger partial charge in [0.1, 0.15) is 11.5 Å². The molecule has 1 aromatic carbocycles. The van der Waals surface area contributed by atoms with E-state index in [4.69, 9.17) is 0 Å². The van der Waals surface area contributed by atoms with Gasteiger partial charge in [0.2, 0.25) is 0 Å². The number of benzene rings is 1. The van der Waals surface area contributed by atoms with Gasteiger partial charge in [0.25, 0.3) is 0 Å². The van der Waals surface area contributed by atoms with Gasteiger partial charge < -0.3 is 10.3 Å². The van der Waals surface area contributed by atoms with Crippen molar-refractivity contribution in [3.63, 3.8) is 0 Å². The van der Waals surface area contributed by atoms with E-state index < -0.39 is 0 Å². The average Bonchev–Trinajstić information content (AvgIpc) is 3.22. The number of anilines is 1. The van der Waals surface area contributed by atoms with E-state index >= 15 is 0 Å². The summed E-state index contributed by atoms with van der Waals surface area (Å²) in [6, 6.07) is 18.2. The number of pyridine rings is 1. The molecule has 0 fully saturated rings. The van der Waals surface area contributed by atoms with Crippen molar-refractivity contribution in [2.75, 3.05) is 5.32 Å². The zero-order valence-electron chi connectivity index (χ0n) is 11.9. The smallest absolute Gasteiger partial charge is 0.158 e. The third-order valence-corrected chi connectivity index (χ3v) is 3.59. The van der Waals surface area contributed by atoms with Gasteiger partial charge in [0.05, 0.1) is 5.69 Å². The molecule has 108 valence electrons. The van der Waals surface area contributed by atoms with Crippen LogP contribution in [-0.2, 0) is 6.54 Å². The van der Waals surface area contributed by atoms with Crippen LogP contribution < -0.4 is 5.32 Å². The fraction of sp³-hybridized carbons (Fsp3) is 0.0588. The number of aromatic nitrogens is 4. The van der Waals surface area contributed by atoms with E-state index in [1.807, 2.05) is 48.7 Å². The molecule has 3 heterocycles. The summed E-state index contributed by atoms with van der Waals surface area (Å²) in [5.41, 5.74) is 3.88. The van der Waals surface area contributed by atoms with Crippen molar-refractivity contribution in [1.29, 1.82) is 0 Å². The first-order chi connectivity index (χ1) is 10.9. The minimum atomic E-state index is 0.747.